The third kappa shape index (κ3) is 27.9. The molecule has 0 saturated carbocycles. The monoisotopic (exact) mass is 496 g/mol. The molecule has 0 bridgehead atoms. The van der Waals surface area contributed by atoms with E-state index < -0.39 is 0 Å². The van der Waals surface area contributed by atoms with E-state index in [0.29, 0.717) is 13.0 Å². The molecule has 1 atom stereocenters. The van der Waals surface area contributed by atoms with Crippen LogP contribution >= 0.6 is 0 Å². The maximum Gasteiger partial charge on any atom is 0.305 e. The van der Waals surface area contributed by atoms with Crippen LogP contribution in [0.1, 0.15) is 174 Å². The highest BCUT2D eigenvalue weighted by molar-refractivity contribution is 5.69. The van der Waals surface area contributed by atoms with Crippen molar-refractivity contribution in [3.8, 4) is 0 Å². The summed E-state index contributed by atoms with van der Waals surface area (Å²) >= 11 is 0. The number of carbonyl (C=O) groups is 1. The predicted octanol–water partition coefficient (Wildman–Crippen LogP) is 10.6. The molecule has 0 aromatic heterocycles. The number of hydrogen-bond acceptors (Lipinski definition) is 3. The van der Waals surface area contributed by atoms with Crippen molar-refractivity contribution in [2.24, 2.45) is 5.92 Å². The molecule has 0 saturated heterocycles. The van der Waals surface area contributed by atoms with Crippen LogP contribution in [0.3, 0.4) is 0 Å². The molecule has 0 fully saturated rings. The standard InChI is InChI=1S/C32H64O3/c1-4-6-8-10-12-14-18-22-26-31(30-34-3)27-23-19-15-16-20-24-28-32(33)35-29-25-21-17-13-11-9-7-5-2/h31H,4-30H2,1-3H3. The molecule has 0 spiro atoms. The SMILES string of the molecule is CCCCCCCCCCOC(=O)CCCCCCCCC(CCCCCCCCCC)COC. The van der Waals surface area contributed by atoms with Gasteiger partial charge in [-0.25, -0.2) is 0 Å². The Hall–Kier alpha value is -0.570. The van der Waals surface area contributed by atoms with Crippen LogP contribution in [0.5, 0.6) is 0 Å². The zero-order chi connectivity index (χ0) is 25.7. The summed E-state index contributed by atoms with van der Waals surface area (Å²) in [5, 5.41) is 0. The summed E-state index contributed by atoms with van der Waals surface area (Å²) in [5.74, 6) is 0.757. The summed E-state index contributed by atoms with van der Waals surface area (Å²) in [6.45, 7) is 6.09. The molecule has 0 aromatic rings. The van der Waals surface area contributed by atoms with Gasteiger partial charge in [-0.15, -0.1) is 0 Å². The highest BCUT2D eigenvalue weighted by Gasteiger charge is 2.08. The second kappa shape index (κ2) is 29.7. The van der Waals surface area contributed by atoms with E-state index in [2.05, 4.69) is 13.8 Å². The van der Waals surface area contributed by atoms with Gasteiger partial charge in [0.1, 0.15) is 0 Å². The molecule has 0 radical (unpaired) electrons. The highest BCUT2D eigenvalue weighted by Crippen LogP contribution is 2.20. The topological polar surface area (TPSA) is 35.5 Å². The van der Waals surface area contributed by atoms with Gasteiger partial charge in [0.25, 0.3) is 0 Å². The van der Waals surface area contributed by atoms with Gasteiger partial charge in [0, 0.05) is 20.1 Å². The maximum atomic E-state index is 11.9. The van der Waals surface area contributed by atoms with Gasteiger partial charge in [0.2, 0.25) is 0 Å². The summed E-state index contributed by atoms with van der Waals surface area (Å²) in [7, 11) is 1.85. The third-order valence-corrected chi connectivity index (χ3v) is 7.37. The fourth-order valence-corrected chi connectivity index (χ4v) is 5.02. The van der Waals surface area contributed by atoms with E-state index in [1.165, 1.54) is 135 Å². The molecular weight excluding hydrogens is 432 g/mol. The van der Waals surface area contributed by atoms with Crippen LogP contribution in [-0.2, 0) is 14.3 Å². The molecule has 3 heteroatoms. The number of rotatable bonds is 29. The van der Waals surface area contributed by atoms with Gasteiger partial charge < -0.3 is 9.47 Å². The Bertz CT molecular complexity index is 410. The minimum absolute atomic E-state index is 0.0105. The number of esters is 1. The first-order valence-electron chi connectivity index (χ1n) is 15.9. The molecule has 0 rings (SSSR count). The predicted molar refractivity (Wildman–Crippen MR) is 153 cm³/mol. The van der Waals surface area contributed by atoms with Gasteiger partial charge in [-0.2, -0.15) is 0 Å². The van der Waals surface area contributed by atoms with Crippen LogP contribution in [0, 0.1) is 5.92 Å². The van der Waals surface area contributed by atoms with Crippen LogP contribution in [0.15, 0.2) is 0 Å². The minimum Gasteiger partial charge on any atom is -0.466 e. The summed E-state index contributed by atoms with van der Waals surface area (Å²) in [4.78, 5) is 11.9. The van der Waals surface area contributed by atoms with Crippen molar-refractivity contribution in [3.63, 3.8) is 0 Å². The summed E-state index contributed by atoms with van der Waals surface area (Å²) in [5.41, 5.74) is 0. The van der Waals surface area contributed by atoms with Crippen molar-refractivity contribution >= 4 is 5.97 Å². The lowest BCUT2D eigenvalue weighted by molar-refractivity contribution is -0.143. The average Bonchev–Trinajstić information content (AvgIpc) is 2.86. The van der Waals surface area contributed by atoms with Crippen LogP contribution in [0.25, 0.3) is 0 Å². The number of methoxy groups -OCH3 is 1. The Kier molecular flexibility index (Phi) is 29.2. The van der Waals surface area contributed by atoms with Crippen LogP contribution in [0.2, 0.25) is 0 Å². The van der Waals surface area contributed by atoms with Crippen molar-refractivity contribution in [2.45, 2.75) is 174 Å². The fourth-order valence-electron chi connectivity index (χ4n) is 5.02. The molecular formula is C32H64O3. The summed E-state index contributed by atoms with van der Waals surface area (Å²) in [6, 6.07) is 0. The van der Waals surface area contributed by atoms with E-state index in [9.17, 15) is 4.79 Å². The molecule has 1 unspecified atom stereocenters. The van der Waals surface area contributed by atoms with Crippen LogP contribution in [-0.4, -0.2) is 26.3 Å². The Morgan fingerprint density at radius 2 is 0.943 bits per heavy atom. The number of ether oxygens (including phenoxy) is 2. The number of hydrogen-bond donors (Lipinski definition) is 0. The zero-order valence-corrected chi connectivity index (χ0v) is 24.4. The molecule has 0 amide bonds. The summed E-state index contributed by atoms with van der Waals surface area (Å²) < 4.78 is 10.9. The lowest BCUT2D eigenvalue weighted by Gasteiger charge is -2.16. The van der Waals surface area contributed by atoms with E-state index in [1.54, 1.807) is 0 Å². The molecule has 0 heterocycles. The smallest absolute Gasteiger partial charge is 0.305 e. The van der Waals surface area contributed by atoms with E-state index in [0.717, 1.165) is 31.8 Å². The molecule has 0 aliphatic heterocycles. The maximum absolute atomic E-state index is 11.9. The van der Waals surface area contributed by atoms with Gasteiger partial charge in [0.05, 0.1) is 6.61 Å². The molecule has 35 heavy (non-hydrogen) atoms. The van der Waals surface area contributed by atoms with Crippen molar-refractivity contribution in [1.82, 2.24) is 0 Å². The minimum atomic E-state index is 0.0105. The van der Waals surface area contributed by atoms with Gasteiger partial charge in [-0.1, -0.05) is 142 Å². The van der Waals surface area contributed by atoms with Crippen LogP contribution < -0.4 is 0 Å². The Labute approximate surface area is 220 Å². The molecule has 0 aromatic carbocycles. The van der Waals surface area contributed by atoms with Gasteiger partial charge in [-0.05, 0) is 31.6 Å². The quantitative estimate of drug-likeness (QED) is 0.0763. The Morgan fingerprint density at radius 3 is 1.40 bits per heavy atom. The third-order valence-electron chi connectivity index (χ3n) is 7.37. The van der Waals surface area contributed by atoms with Crippen LogP contribution in [0.4, 0.5) is 0 Å². The molecule has 210 valence electrons. The van der Waals surface area contributed by atoms with E-state index in [1.807, 2.05) is 7.11 Å². The average molecular weight is 497 g/mol. The van der Waals surface area contributed by atoms with E-state index in [-0.39, 0.29) is 5.97 Å². The van der Waals surface area contributed by atoms with Crippen molar-refractivity contribution in [3.05, 3.63) is 0 Å². The normalized spacial score (nSPS) is 12.2. The number of unbranched alkanes of at least 4 members (excludes halogenated alkanes) is 19. The first kappa shape index (κ1) is 34.4. The molecule has 0 aliphatic carbocycles. The largest absolute Gasteiger partial charge is 0.466 e. The molecule has 3 nitrogen and oxygen atoms in total. The van der Waals surface area contributed by atoms with Gasteiger partial charge >= 0.3 is 5.97 Å². The lowest BCUT2D eigenvalue weighted by Crippen LogP contribution is -2.08. The second-order valence-electron chi connectivity index (χ2n) is 10.9. The number of carbonyl (C=O) groups excluding carboxylic acids is 1. The summed E-state index contributed by atoms with van der Waals surface area (Å²) in [6.07, 6.45) is 32.0. The molecule has 0 N–H and O–H groups in total. The Morgan fingerprint density at radius 1 is 0.543 bits per heavy atom. The molecule has 0 aliphatic rings. The first-order chi connectivity index (χ1) is 17.2. The lowest BCUT2D eigenvalue weighted by atomic mass is 9.94. The van der Waals surface area contributed by atoms with Gasteiger partial charge in [-0.3, -0.25) is 4.79 Å². The first-order valence-corrected chi connectivity index (χ1v) is 15.9. The van der Waals surface area contributed by atoms with Crippen molar-refractivity contribution in [2.75, 3.05) is 20.3 Å². The van der Waals surface area contributed by atoms with Crippen molar-refractivity contribution < 1.29 is 14.3 Å². The second-order valence-corrected chi connectivity index (χ2v) is 10.9. The van der Waals surface area contributed by atoms with E-state index >= 15 is 0 Å². The van der Waals surface area contributed by atoms with Crippen molar-refractivity contribution in [1.29, 1.82) is 0 Å². The Balaban J connectivity index is 3.45. The van der Waals surface area contributed by atoms with Gasteiger partial charge in [0.15, 0.2) is 0 Å². The van der Waals surface area contributed by atoms with E-state index in [4.69, 9.17) is 9.47 Å². The highest BCUT2D eigenvalue weighted by atomic mass is 16.5. The fraction of sp³-hybridized carbons (Fsp3) is 0.969. The zero-order valence-electron chi connectivity index (χ0n) is 24.4.